The van der Waals surface area contributed by atoms with Crippen LogP contribution in [-0.4, -0.2) is 24.0 Å². The van der Waals surface area contributed by atoms with Crippen molar-refractivity contribution >= 4 is 28.8 Å². The highest BCUT2D eigenvalue weighted by Gasteiger charge is 2.39. The van der Waals surface area contributed by atoms with Crippen LogP contribution in [0, 0.1) is 12.3 Å². The zero-order chi connectivity index (χ0) is 14.2. The smallest absolute Gasteiger partial charge is 0.225 e. The van der Waals surface area contributed by atoms with Gasteiger partial charge in [0.05, 0.1) is 5.41 Å². The summed E-state index contributed by atoms with van der Waals surface area (Å²) in [6.45, 7) is 5.31. The normalized spacial score (nSPS) is 22.5. The van der Waals surface area contributed by atoms with Crippen molar-refractivity contribution in [1.82, 2.24) is 0 Å². The lowest BCUT2D eigenvalue weighted by molar-refractivity contribution is -0.125. The van der Waals surface area contributed by atoms with Crippen molar-refractivity contribution in [2.75, 3.05) is 18.0 Å². The zero-order valence-corrected chi connectivity index (χ0v) is 12.1. The lowest BCUT2D eigenvalue weighted by atomic mass is 9.89. The zero-order valence-electron chi connectivity index (χ0n) is 11.3. The molecule has 0 bridgehead atoms. The van der Waals surface area contributed by atoms with Crippen molar-refractivity contribution < 1.29 is 4.79 Å². The number of hydrogen-bond donors (Lipinski definition) is 2. The Kier molecular flexibility index (Phi) is 3.49. The fourth-order valence-corrected chi connectivity index (χ4v) is 2.65. The van der Waals surface area contributed by atoms with Gasteiger partial charge in [0.15, 0.2) is 0 Å². The molecule has 1 atom stereocenters. The highest BCUT2D eigenvalue weighted by molar-refractivity contribution is 7.80. The Bertz CT molecular complexity index is 543. The predicted molar refractivity (Wildman–Crippen MR) is 81.2 cm³/mol. The number of rotatable bonds is 3. The van der Waals surface area contributed by atoms with Crippen LogP contribution in [0.1, 0.15) is 24.5 Å². The molecule has 4 N–H and O–H groups in total. The Hall–Kier alpha value is -1.62. The first-order valence-electron chi connectivity index (χ1n) is 6.29. The van der Waals surface area contributed by atoms with E-state index >= 15 is 0 Å². The number of primary amides is 1. The van der Waals surface area contributed by atoms with Crippen LogP contribution in [0.4, 0.5) is 5.69 Å². The quantitative estimate of drug-likeness (QED) is 0.818. The molecule has 4 nitrogen and oxygen atoms in total. The second-order valence-corrected chi connectivity index (χ2v) is 5.92. The maximum absolute atomic E-state index is 11.5. The van der Waals surface area contributed by atoms with Gasteiger partial charge in [-0.3, -0.25) is 4.79 Å². The van der Waals surface area contributed by atoms with E-state index in [1.165, 1.54) is 0 Å². The van der Waals surface area contributed by atoms with Gasteiger partial charge in [0.25, 0.3) is 0 Å². The predicted octanol–water partition coefficient (Wildman–Crippen LogP) is 1.33. The Morgan fingerprint density at radius 1 is 1.42 bits per heavy atom. The second-order valence-electron chi connectivity index (χ2n) is 5.48. The number of hydrogen-bond acceptors (Lipinski definition) is 3. The summed E-state index contributed by atoms with van der Waals surface area (Å²) in [5, 5.41) is 0. The number of aryl methyl sites for hydroxylation is 1. The average molecular weight is 277 g/mol. The maximum Gasteiger partial charge on any atom is 0.225 e. The monoisotopic (exact) mass is 277 g/mol. The molecule has 2 rings (SSSR count). The van der Waals surface area contributed by atoms with E-state index in [9.17, 15) is 4.79 Å². The van der Waals surface area contributed by atoms with E-state index in [1.54, 1.807) is 0 Å². The molecule has 19 heavy (non-hydrogen) atoms. The van der Waals surface area contributed by atoms with Gasteiger partial charge >= 0.3 is 0 Å². The molecule has 0 radical (unpaired) electrons. The fourth-order valence-electron chi connectivity index (χ4n) is 2.49. The summed E-state index contributed by atoms with van der Waals surface area (Å²) >= 11 is 5.11. The standard InChI is InChI=1S/C14H19N3OS/c1-9-3-4-11(10(7-9)12(15)19)17-6-5-14(2,8-17)13(16)18/h3-4,7H,5-6,8H2,1-2H3,(H2,15,19)(H2,16,18). The average Bonchev–Trinajstić information content (AvgIpc) is 2.73. The van der Waals surface area contributed by atoms with Gasteiger partial charge in [-0.05, 0) is 32.4 Å². The van der Waals surface area contributed by atoms with Crippen molar-refractivity contribution in [2.24, 2.45) is 16.9 Å². The summed E-state index contributed by atoms with van der Waals surface area (Å²) in [6.07, 6.45) is 0.757. The summed E-state index contributed by atoms with van der Waals surface area (Å²) in [4.78, 5) is 14.0. The molecule has 1 aliphatic rings. The lowest BCUT2D eigenvalue weighted by Gasteiger charge is -2.24. The third-order valence-corrected chi connectivity index (χ3v) is 4.05. The molecular weight excluding hydrogens is 258 g/mol. The molecule has 0 aromatic heterocycles. The van der Waals surface area contributed by atoms with Gasteiger partial charge in [-0.1, -0.05) is 23.8 Å². The van der Waals surface area contributed by atoms with Gasteiger partial charge in [0.1, 0.15) is 4.99 Å². The van der Waals surface area contributed by atoms with Gasteiger partial charge in [0.2, 0.25) is 5.91 Å². The summed E-state index contributed by atoms with van der Waals surface area (Å²) in [7, 11) is 0. The highest BCUT2D eigenvalue weighted by atomic mass is 32.1. The van der Waals surface area contributed by atoms with Gasteiger partial charge in [-0.2, -0.15) is 0 Å². The molecule has 1 saturated heterocycles. The molecule has 1 aliphatic heterocycles. The van der Waals surface area contributed by atoms with Crippen LogP contribution in [0.15, 0.2) is 18.2 Å². The molecule has 1 aromatic rings. The van der Waals surface area contributed by atoms with E-state index in [1.807, 2.05) is 32.0 Å². The molecule has 5 heteroatoms. The Balaban J connectivity index is 2.34. The Labute approximate surface area is 118 Å². The number of nitrogens with two attached hydrogens (primary N) is 2. The molecular formula is C14H19N3OS. The molecule has 102 valence electrons. The van der Waals surface area contributed by atoms with Crippen molar-refractivity contribution in [2.45, 2.75) is 20.3 Å². The number of amides is 1. The van der Waals surface area contributed by atoms with Crippen LogP contribution >= 0.6 is 12.2 Å². The molecule has 1 heterocycles. The molecule has 1 aromatic carbocycles. The molecule has 1 unspecified atom stereocenters. The molecule has 1 fully saturated rings. The summed E-state index contributed by atoms with van der Waals surface area (Å²) < 4.78 is 0. The van der Waals surface area contributed by atoms with Crippen molar-refractivity contribution in [3.05, 3.63) is 29.3 Å². The molecule has 0 spiro atoms. The van der Waals surface area contributed by atoms with Crippen molar-refractivity contribution in [1.29, 1.82) is 0 Å². The first kappa shape index (κ1) is 13.8. The van der Waals surface area contributed by atoms with Gasteiger partial charge in [0, 0.05) is 24.3 Å². The topological polar surface area (TPSA) is 72.3 Å². The largest absolute Gasteiger partial charge is 0.389 e. The van der Waals surface area contributed by atoms with E-state index in [0.717, 1.165) is 29.8 Å². The number of carbonyl (C=O) groups is 1. The van der Waals surface area contributed by atoms with Gasteiger partial charge in [-0.15, -0.1) is 0 Å². The molecule has 1 amide bonds. The van der Waals surface area contributed by atoms with Crippen LogP contribution in [0.5, 0.6) is 0 Å². The third-order valence-electron chi connectivity index (χ3n) is 3.83. The number of benzene rings is 1. The maximum atomic E-state index is 11.5. The van der Waals surface area contributed by atoms with Gasteiger partial charge in [-0.25, -0.2) is 0 Å². The fraction of sp³-hybridized carbons (Fsp3) is 0.429. The van der Waals surface area contributed by atoms with Crippen LogP contribution < -0.4 is 16.4 Å². The van der Waals surface area contributed by atoms with Gasteiger partial charge < -0.3 is 16.4 Å². The SMILES string of the molecule is Cc1ccc(N2CCC(C)(C(N)=O)C2)c(C(N)=S)c1. The van der Waals surface area contributed by atoms with E-state index in [2.05, 4.69) is 4.90 Å². The van der Waals surface area contributed by atoms with E-state index in [4.69, 9.17) is 23.7 Å². The van der Waals surface area contributed by atoms with Crippen LogP contribution in [-0.2, 0) is 4.79 Å². The Morgan fingerprint density at radius 2 is 2.11 bits per heavy atom. The van der Waals surface area contributed by atoms with E-state index < -0.39 is 5.41 Å². The minimum Gasteiger partial charge on any atom is -0.389 e. The number of thiocarbonyl (C=S) groups is 1. The summed E-state index contributed by atoms with van der Waals surface area (Å²) in [5.74, 6) is -0.251. The van der Waals surface area contributed by atoms with Crippen LogP contribution in [0.3, 0.4) is 0 Å². The van der Waals surface area contributed by atoms with Crippen LogP contribution in [0.2, 0.25) is 0 Å². The highest BCUT2D eigenvalue weighted by Crippen LogP contribution is 2.34. The molecule has 0 aliphatic carbocycles. The van der Waals surface area contributed by atoms with Crippen molar-refractivity contribution in [3.63, 3.8) is 0 Å². The van der Waals surface area contributed by atoms with E-state index in [0.29, 0.717) is 11.5 Å². The lowest BCUT2D eigenvalue weighted by Crippen LogP contribution is -2.37. The number of nitrogens with zero attached hydrogens (tertiary/aromatic N) is 1. The van der Waals surface area contributed by atoms with E-state index in [-0.39, 0.29) is 5.91 Å². The summed E-state index contributed by atoms with van der Waals surface area (Å²) in [6, 6.07) is 6.02. The van der Waals surface area contributed by atoms with Crippen molar-refractivity contribution in [3.8, 4) is 0 Å². The second kappa shape index (κ2) is 4.81. The Morgan fingerprint density at radius 3 is 2.63 bits per heavy atom. The minimum absolute atomic E-state index is 0.251. The first-order valence-corrected chi connectivity index (χ1v) is 6.70. The number of carbonyl (C=O) groups excluding carboxylic acids is 1. The number of anilines is 1. The van der Waals surface area contributed by atoms with Crippen LogP contribution in [0.25, 0.3) is 0 Å². The minimum atomic E-state index is -0.474. The third kappa shape index (κ3) is 2.56. The first-order chi connectivity index (χ1) is 8.83. The molecule has 0 saturated carbocycles. The summed E-state index contributed by atoms with van der Waals surface area (Å²) in [5.41, 5.74) is 13.8.